The summed E-state index contributed by atoms with van der Waals surface area (Å²) in [6.45, 7) is 1.27. The van der Waals surface area contributed by atoms with Crippen LogP contribution in [0.25, 0.3) is 20.8 Å². The summed E-state index contributed by atoms with van der Waals surface area (Å²) in [6, 6.07) is 24.0. The van der Waals surface area contributed by atoms with Crippen LogP contribution in [-0.4, -0.2) is 25.9 Å². The highest BCUT2D eigenvalue weighted by atomic mass is 32.2. The number of carbonyl (C=O) groups excluding carboxylic acids is 1. The van der Waals surface area contributed by atoms with Crippen LogP contribution in [0.1, 0.15) is 11.1 Å². The Morgan fingerprint density at radius 2 is 1.65 bits per heavy atom. The van der Waals surface area contributed by atoms with Crippen LogP contribution in [0, 0.1) is 6.92 Å². The summed E-state index contributed by atoms with van der Waals surface area (Å²) in [5.41, 5.74) is 1.95. The van der Waals surface area contributed by atoms with Crippen LogP contribution < -0.4 is 9.62 Å². The highest BCUT2D eigenvalue weighted by molar-refractivity contribution is 7.92. The van der Waals surface area contributed by atoms with E-state index < -0.39 is 34.2 Å². The summed E-state index contributed by atoms with van der Waals surface area (Å²) in [6.07, 6.45) is -4.69. The van der Waals surface area contributed by atoms with E-state index in [2.05, 4.69) is 16.4 Å². The number of aryl methyl sites for hydroxylation is 1. The summed E-state index contributed by atoms with van der Waals surface area (Å²) in [5, 5.41) is 3.45. The van der Waals surface area contributed by atoms with E-state index in [1.165, 1.54) is 30.3 Å². The number of fused-ring (bicyclic) bond motifs is 1. The molecule has 0 aliphatic carbocycles. The van der Waals surface area contributed by atoms with Gasteiger partial charge in [0.25, 0.3) is 10.0 Å². The van der Waals surface area contributed by atoms with Crippen molar-refractivity contribution >= 4 is 48.9 Å². The molecule has 0 radical (unpaired) electrons. The molecule has 0 fully saturated rings. The number of thiazole rings is 1. The van der Waals surface area contributed by atoms with Gasteiger partial charge in [0, 0.05) is 11.3 Å². The number of nitrogens with zero attached hydrogens (tertiary/aromatic N) is 2. The Kier molecular flexibility index (Phi) is 7.35. The van der Waals surface area contributed by atoms with Crippen molar-refractivity contribution in [3.05, 3.63) is 108 Å². The maximum Gasteiger partial charge on any atom is 0.416 e. The third kappa shape index (κ3) is 5.85. The standard InChI is InChI=1S/C29H22F3N3O3S2/c1-19-10-15-25-26(16-19)39-28(34-25)20-11-13-22(14-12-20)33-27(36)18-35(40(37,38)24-8-3-2-4-9-24)23-7-5-6-21(17-23)29(30,31)32/h2-17H,18H2,1H3,(H,33,36). The molecule has 0 spiro atoms. The van der Waals surface area contributed by atoms with E-state index in [0.29, 0.717) is 16.1 Å². The fraction of sp³-hybridized carbons (Fsp3) is 0.103. The number of halogens is 3. The van der Waals surface area contributed by atoms with Crippen LogP contribution in [0.5, 0.6) is 0 Å². The van der Waals surface area contributed by atoms with Gasteiger partial charge in [0.15, 0.2) is 0 Å². The van der Waals surface area contributed by atoms with Crippen LogP contribution in [0.15, 0.2) is 102 Å². The van der Waals surface area contributed by atoms with Crippen molar-refractivity contribution in [3.63, 3.8) is 0 Å². The quantitative estimate of drug-likeness (QED) is 0.222. The average molecular weight is 582 g/mol. The van der Waals surface area contributed by atoms with Gasteiger partial charge in [-0.15, -0.1) is 11.3 Å². The number of alkyl halides is 3. The summed E-state index contributed by atoms with van der Waals surface area (Å²) in [7, 11) is -4.36. The van der Waals surface area contributed by atoms with Gasteiger partial charge < -0.3 is 5.32 Å². The number of aromatic nitrogens is 1. The predicted molar refractivity (Wildman–Crippen MR) is 151 cm³/mol. The molecule has 6 nitrogen and oxygen atoms in total. The van der Waals surface area contributed by atoms with Gasteiger partial charge in [-0.3, -0.25) is 9.10 Å². The van der Waals surface area contributed by atoms with Gasteiger partial charge in [0.2, 0.25) is 5.91 Å². The lowest BCUT2D eigenvalue weighted by atomic mass is 10.2. The van der Waals surface area contributed by atoms with Gasteiger partial charge in [0.05, 0.1) is 26.4 Å². The molecule has 0 atom stereocenters. The first-order chi connectivity index (χ1) is 19.0. The van der Waals surface area contributed by atoms with Gasteiger partial charge >= 0.3 is 6.18 Å². The first-order valence-electron chi connectivity index (χ1n) is 12.0. The van der Waals surface area contributed by atoms with E-state index in [9.17, 15) is 26.4 Å². The molecule has 204 valence electrons. The summed E-state index contributed by atoms with van der Waals surface area (Å²) in [5.74, 6) is -0.722. The Labute approximate surface area is 232 Å². The summed E-state index contributed by atoms with van der Waals surface area (Å²) < 4.78 is 68.8. The molecule has 40 heavy (non-hydrogen) atoms. The van der Waals surface area contributed by atoms with Crippen molar-refractivity contribution in [1.29, 1.82) is 0 Å². The molecule has 4 aromatic carbocycles. The molecular formula is C29H22F3N3O3S2. The lowest BCUT2D eigenvalue weighted by Crippen LogP contribution is -2.38. The Morgan fingerprint density at radius 3 is 2.35 bits per heavy atom. The number of nitrogens with one attached hydrogen (secondary N) is 1. The van der Waals surface area contributed by atoms with Crippen LogP contribution in [-0.2, 0) is 21.0 Å². The van der Waals surface area contributed by atoms with Gasteiger partial charge in [-0.2, -0.15) is 13.2 Å². The summed E-state index contributed by atoms with van der Waals surface area (Å²) in [4.78, 5) is 17.5. The van der Waals surface area contributed by atoms with Gasteiger partial charge in [-0.05, 0) is 79.2 Å². The Morgan fingerprint density at radius 1 is 0.925 bits per heavy atom. The van der Waals surface area contributed by atoms with E-state index in [-0.39, 0.29) is 10.6 Å². The van der Waals surface area contributed by atoms with Crippen molar-refractivity contribution in [1.82, 2.24) is 4.98 Å². The van der Waals surface area contributed by atoms with Crippen LogP contribution in [0.4, 0.5) is 24.5 Å². The molecule has 1 N–H and O–H groups in total. The van der Waals surface area contributed by atoms with Crippen molar-refractivity contribution in [2.24, 2.45) is 0 Å². The molecule has 0 unspecified atom stereocenters. The first kappa shape index (κ1) is 27.4. The number of amides is 1. The number of rotatable bonds is 7. The molecule has 5 rings (SSSR count). The van der Waals surface area contributed by atoms with E-state index in [0.717, 1.165) is 38.5 Å². The Balaban J connectivity index is 1.39. The van der Waals surface area contributed by atoms with Crippen molar-refractivity contribution in [2.75, 3.05) is 16.2 Å². The third-order valence-electron chi connectivity index (χ3n) is 6.04. The molecule has 5 aromatic rings. The molecule has 1 aromatic heterocycles. The second kappa shape index (κ2) is 10.7. The Hall–Kier alpha value is -4.22. The first-order valence-corrected chi connectivity index (χ1v) is 14.3. The smallest absolute Gasteiger partial charge is 0.325 e. The molecule has 0 saturated heterocycles. The SMILES string of the molecule is Cc1ccc2nc(-c3ccc(NC(=O)CN(c4cccc(C(F)(F)F)c4)S(=O)(=O)c4ccccc4)cc3)sc2c1. The second-order valence-corrected chi connectivity index (χ2v) is 11.9. The molecule has 0 aliphatic rings. The zero-order chi connectivity index (χ0) is 28.5. The zero-order valence-corrected chi connectivity index (χ0v) is 22.6. The molecule has 0 aliphatic heterocycles. The van der Waals surface area contributed by atoms with Crippen molar-refractivity contribution in [3.8, 4) is 10.6 Å². The lowest BCUT2D eigenvalue weighted by molar-refractivity contribution is -0.137. The van der Waals surface area contributed by atoms with E-state index in [4.69, 9.17) is 0 Å². The van der Waals surface area contributed by atoms with Gasteiger partial charge in [0.1, 0.15) is 11.6 Å². The molecular weight excluding hydrogens is 559 g/mol. The lowest BCUT2D eigenvalue weighted by Gasteiger charge is -2.25. The van der Waals surface area contributed by atoms with E-state index in [1.54, 1.807) is 41.7 Å². The highest BCUT2D eigenvalue weighted by Crippen LogP contribution is 2.34. The number of carbonyl (C=O) groups is 1. The van der Waals surface area contributed by atoms with E-state index >= 15 is 0 Å². The fourth-order valence-corrected chi connectivity index (χ4v) is 6.56. The topological polar surface area (TPSA) is 79.4 Å². The minimum atomic E-state index is -4.69. The van der Waals surface area contributed by atoms with Gasteiger partial charge in [-0.25, -0.2) is 13.4 Å². The highest BCUT2D eigenvalue weighted by Gasteiger charge is 2.33. The Bertz CT molecular complexity index is 1790. The van der Waals surface area contributed by atoms with Crippen LogP contribution in [0.3, 0.4) is 0 Å². The fourth-order valence-electron chi connectivity index (χ4n) is 4.05. The number of anilines is 2. The molecule has 1 amide bonds. The van der Waals surface area contributed by atoms with Crippen molar-refractivity contribution in [2.45, 2.75) is 18.0 Å². The normalized spacial score (nSPS) is 11.9. The second-order valence-electron chi connectivity index (χ2n) is 8.99. The maximum absolute atomic E-state index is 13.4. The van der Waals surface area contributed by atoms with E-state index in [1.807, 2.05) is 19.1 Å². The largest absolute Gasteiger partial charge is 0.416 e. The molecule has 0 saturated carbocycles. The summed E-state index contributed by atoms with van der Waals surface area (Å²) >= 11 is 1.54. The number of benzene rings is 4. The van der Waals surface area contributed by atoms with Crippen LogP contribution in [0.2, 0.25) is 0 Å². The zero-order valence-electron chi connectivity index (χ0n) is 21.0. The number of hydrogen-bond acceptors (Lipinski definition) is 5. The number of hydrogen-bond donors (Lipinski definition) is 1. The average Bonchev–Trinajstić information content (AvgIpc) is 3.35. The minimum Gasteiger partial charge on any atom is -0.325 e. The minimum absolute atomic E-state index is 0.157. The monoisotopic (exact) mass is 581 g/mol. The number of sulfonamides is 1. The molecule has 0 bridgehead atoms. The van der Waals surface area contributed by atoms with Gasteiger partial charge in [-0.1, -0.05) is 30.3 Å². The molecule has 1 heterocycles. The molecule has 11 heteroatoms. The van der Waals surface area contributed by atoms with Crippen molar-refractivity contribution < 1.29 is 26.4 Å². The van der Waals surface area contributed by atoms with Crippen LogP contribution >= 0.6 is 11.3 Å². The third-order valence-corrected chi connectivity index (χ3v) is 8.89. The predicted octanol–water partition coefficient (Wildman–Crippen LogP) is 7.12. The maximum atomic E-state index is 13.4.